The van der Waals surface area contributed by atoms with E-state index in [1.807, 2.05) is 19.1 Å². The molecule has 0 aliphatic carbocycles. The topological polar surface area (TPSA) is 121 Å². The van der Waals surface area contributed by atoms with Crippen LogP contribution in [0.4, 0.5) is 0 Å². The summed E-state index contributed by atoms with van der Waals surface area (Å²) in [6.07, 6.45) is 4.46. The van der Waals surface area contributed by atoms with Crippen LogP contribution in [0.3, 0.4) is 0 Å². The molecule has 0 bridgehead atoms. The number of carbonyl (C=O) groups is 1. The smallest absolute Gasteiger partial charge is 0.323 e. The minimum absolute atomic E-state index is 0.232. The average molecular weight is 349 g/mol. The zero-order valence-electron chi connectivity index (χ0n) is 13.8. The molecule has 1 unspecified atom stereocenters. The molecule has 3 heterocycles. The summed E-state index contributed by atoms with van der Waals surface area (Å²) in [6.45, 7) is 1.88. The van der Waals surface area contributed by atoms with E-state index < -0.39 is 0 Å². The lowest BCUT2D eigenvalue weighted by molar-refractivity contribution is 0.0939. The fraction of sp³-hybridized carbons (Fsp3) is 0.118. The molecule has 130 valence electrons. The number of benzene rings is 1. The zero-order valence-corrected chi connectivity index (χ0v) is 13.8. The average Bonchev–Trinajstić information content (AvgIpc) is 3.29. The number of aromatic amines is 2. The van der Waals surface area contributed by atoms with Crippen LogP contribution in [0.15, 0.2) is 54.0 Å². The lowest BCUT2D eigenvalue weighted by atomic mass is 10.1. The van der Waals surface area contributed by atoms with Gasteiger partial charge in [0.2, 0.25) is 0 Å². The van der Waals surface area contributed by atoms with Crippen LogP contribution in [0.25, 0.3) is 16.9 Å². The summed E-state index contributed by atoms with van der Waals surface area (Å²) in [5.74, 6) is 0.276. The number of carbonyl (C=O) groups excluding carboxylic acids is 1. The van der Waals surface area contributed by atoms with Crippen molar-refractivity contribution in [1.82, 2.24) is 35.0 Å². The molecule has 9 nitrogen and oxygen atoms in total. The summed E-state index contributed by atoms with van der Waals surface area (Å²) >= 11 is 0. The van der Waals surface area contributed by atoms with Crippen LogP contribution in [0.2, 0.25) is 0 Å². The number of amides is 1. The van der Waals surface area contributed by atoms with Gasteiger partial charge in [-0.25, -0.2) is 19.4 Å². The van der Waals surface area contributed by atoms with E-state index in [0.717, 1.165) is 11.1 Å². The van der Waals surface area contributed by atoms with Gasteiger partial charge >= 0.3 is 5.69 Å². The van der Waals surface area contributed by atoms with Crippen LogP contribution < -0.4 is 11.0 Å². The standard InChI is InChI=1S/C17H15N7O2/c1-10(11-2-3-13-14(6-11)23-17(26)22-13)21-16(25)12-4-5-19-15(7-12)24-9-18-8-20-24/h2-10H,1H3,(H,21,25)(H2,22,23,26). The van der Waals surface area contributed by atoms with E-state index >= 15 is 0 Å². The highest BCUT2D eigenvalue weighted by molar-refractivity contribution is 5.94. The fourth-order valence-corrected chi connectivity index (χ4v) is 2.69. The van der Waals surface area contributed by atoms with Crippen molar-refractivity contribution < 1.29 is 4.79 Å². The van der Waals surface area contributed by atoms with E-state index in [0.29, 0.717) is 16.9 Å². The number of nitrogens with one attached hydrogen (secondary N) is 3. The molecule has 0 aliphatic rings. The van der Waals surface area contributed by atoms with E-state index in [2.05, 4.69) is 30.4 Å². The number of H-pyrrole nitrogens is 2. The first kappa shape index (κ1) is 15.8. The largest absolute Gasteiger partial charge is 0.346 e. The highest BCUT2D eigenvalue weighted by Crippen LogP contribution is 2.17. The predicted octanol–water partition coefficient (Wildman–Crippen LogP) is 1.32. The summed E-state index contributed by atoms with van der Waals surface area (Å²) in [5, 5.41) is 6.95. The van der Waals surface area contributed by atoms with E-state index in [9.17, 15) is 9.59 Å². The van der Waals surface area contributed by atoms with Gasteiger partial charge in [0.1, 0.15) is 12.7 Å². The fourth-order valence-electron chi connectivity index (χ4n) is 2.69. The van der Waals surface area contributed by atoms with E-state index in [1.165, 1.54) is 17.3 Å². The molecule has 0 saturated carbocycles. The van der Waals surface area contributed by atoms with Gasteiger partial charge < -0.3 is 15.3 Å². The molecule has 0 saturated heterocycles. The Morgan fingerprint density at radius 3 is 2.85 bits per heavy atom. The number of hydrogen-bond donors (Lipinski definition) is 3. The Morgan fingerprint density at radius 2 is 2.04 bits per heavy atom. The van der Waals surface area contributed by atoms with Gasteiger partial charge in [0.05, 0.1) is 17.1 Å². The highest BCUT2D eigenvalue weighted by atomic mass is 16.2. The summed E-state index contributed by atoms with van der Waals surface area (Å²) in [7, 11) is 0. The predicted molar refractivity (Wildman–Crippen MR) is 94.0 cm³/mol. The van der Waals surface area contributed by atoms with Gasteiger partial charge in [0.15, 0.2) is 5.82 Å². The second-order valence-electron chi connectivity index (χ2n) is 5.82. The lowest BCUT2D eigenvalue weighted by Gasteiger charge is -2.14. The summed E-state index contributed by atoms with van der Waals surface area (Å²) in [4.78, 5) is 37.4. The lowest BCUT2D eigenvalue weighted by Crippen LogP contribution is -2.26. The maximum Gasteiger partial charge on any atom is 0.323 e. The molecule has 1 aromatic carbocycles. The second-order valence-corrected chi connectivity index (χ2v) is 5.82. The molecule has 4 rings (SSSR count). The molecule has 26 heavy (non-hydrogen) atoms. The summed E-state index contributed by atoms with van der Waals surface area (Å²) in [5.41, 5.74) is 2.52. The van der Waals surface area contributed by atoms with Crippen LogP contribution in [-0.4, -0.2) is 35.6 Å². The van der Waals surface area contributed by atoms with Crippen LogP contribution in [-0.2, 0) is 0 Å². The molecular formula is C17H15N7O2. The Kier molecular flexibility index (Phi) is 3.81. The van der Waals surface area contributed by atoms with E-state index in [1.54, 1.807) is 24.4 Å². The molecule has 4 aromatic rings. The molecule has 9 heteroatoms. The maximum atomic E-state index is 12.6. The first-order valence-electron chi connectivity index (χ1n) is 7.94. The molecule has 0 fully saturated rings. The molecular weight excluding hydrogens is 334 g/mol. The van der Waals surface area contributed by atoms with Crippen molar-refractivity contribution in [2.24, 2.45) is 0 Å². The number of rotatable bonds is 4. The van der Waals surface area contributed by atoms with Gasteiger partial charge in [-0.15, -0.1) is 0 Å². The first-order valence-corrected chi connectivity index (χ1v) is 7.94. The Labute approximate surface area is 147 Å². The number of aromatic nitrogens is 6. The quantitative estimate of drug-likeness (QED) is 0.513. The summed E-state index contributed by atoms with van der Waals surface area (Å²) < 4.78 is 1.48. The maximum absolute atomic E-state index is 12.6. The Hall–Kier alpha value is -3.75. The van der Waals surface area contributed by atoms with Crippen LogP contribution >= 0.6 is 0 Å². The zero-order chi connectivity index (χ0) is 18.1. The number of imidazole rings is 1. The number of hydrogen-bond acceptors (Lipinski definition) is 5. The highest BCUT2D eigenvalue weighted by Gasteiger charge is 2.13. The van der Waals surface area contributed by atoms with E-state index in [-0.39, 0.29) is 17.6 Å². The van der Waals surface area contributed by atoms with Gasteiger partial charge in [0, 0.05) is 11.8 Å². The van der Waals surface area contributed by atoms with Crippen molar-refractivity contribution >= 4 is 16.9 Å². The Morgan fingerprint density at radius 1 is 1.19 bits per heavy atom. The normalized spacial score (nSPS) is 12.2. The molecule has 1 amide bonds. The van der Waals surface area contributed by atoms with Crippen LogP contribution in [0, 0.1) is 0 Å². The summed E-state index contributed by atoms with van der Waals surface area (Å²) in [6, 6.07) is 8.54. The van der Waals surface area contributed by atoms with Crippen molar-refractivity contribution in [3.05, 3.63) is 70.8 Å². The van der Waals surface area contributed by atoms with Crippen molar-refractivity contribution in [2.45, 2.75) is 13.0 Å². The Balaban J connectivity index is 1.55. The van der Waals surface area contributed by atoms with Crippen molar-refractivity contribution in [3.8, 4) is 5.82 Å². The molecule has 1 atom stereocenters. The number of fused-ring (bicyclic) bond motifs is 1. The SMILES string of the molecule is CC(NC(=O)c1ccnc(-n2cncn2)c1)c1ccc2[nH]c(=O)[nH]c2c1. The molecule has 3 aromatic heterocycles. The Bertz CT molecular complexity index is 1130. The minimum Gasteiger partial charge on any atom is -0.346 e. The molecule has 3 N–H and O–H groups in total. The van der Waals surface area contributed by atoms with Crippen molar-refractivity contribution in [1.29, 1.82) is 0 Å². The first-order chi connectivity index (χ1) is 12.6. The molecule has 0 radical (unpaired) electrons. The van der Waals surface area contributed by atoms with Gasteiger partial charge in [-0.1, -0.05) is 6.07 Å². The second kappa shape index (κ2) is 6.28. The van der Waals surface area contributed by atoms with Gasteiger partial charge in [0.25, 0.3) is 5.91 Å². The van der Waals surface area contributed by atoms with Gasteiger partial charge in [-0.3, -0.25) is 4.79 Å². The molecule has 0 spiro atoms. The van der Waals surface area contributed by atoms with Gasteiger partial charge in [-0.2, -0.15) is 5.10 Å². The third kappa shape index (κ3) is 2.97. The van der Waals surface area contributed by atoms with Crippen LogP contribution in [0.1, 0.15) is 28.9 Å². The monoisotopic (exact) mass is 349 g/mol. The van der Waals surface area contributed by atoms with Crippen LogP contribution in [0.5, 0.6) is 0 Å². The number of pyridine rings is 1. The third-order valence-corrected chi connectivity index (χ3v) is 4.05. The third-order valence-electron chi connectivity index (χ3n) is 4.05. The van der Waals surface area contributed by atoms with Crippen molar-refractivity contribution in [3.63, 3.8) is 0 Å². The van der Waals surface area contributed by atoms with Crippen molar-refractivity contribution in [2.75, 3.05) is 0 Å². The minimum atomic E-state index is -0.258. The van der Waals surface area contributed by atoms with E-state index in [4.69, 9.17) is 0 Å². The molecule has 0 aliphatic heterocycles. The van der Waals surface area contributed by atoms with Gasteiger partial charge in [-0.05, 0) is 36.8 Å². The number of nitrogens with zero attached hydrogens (tertiary/aromatic N) is 4.